The maximum atomic E-state index is 11.6. The number of hydrogen-bond acceptors (Lipinski definition) is 5. The number of aromatic nitrogens is 4. The normalized spacial score (nSPS) is 19.0. The zero-order chi connectivity index (χ0) is 14.8. The fraction of sp³-hybridized carbons (Fsp3) is 0.643. The van der Waals surface area contributed by atoms with Crippen LogP contribution < -0.4 is 15.9 Å². The zero-order valence-electron chi connectivity index (χ0n) is 12.5. The summed E-state index contributed by atoms with van der Waals surface area (Å²) in [5.74, 6) is 1.50. The summed E-state index contributed by atoms with van der Waals surface area (Å²) < 4.78 is 1.33. The molecule has 2 aromatic rings. The lowest BCUT2D eigenvalue weighted by atomic mass is 10.2. The molecule has 1 saturated heterocycles. The van der Waals surface area contributed by atoms with Crippen LogP contribution in [0.1, 0.15) is 26.7 Å². The largest absolute Gasteiger partial charge is 0.364 e. The van der Waals surface area contributed by atoms with Gasteiger partial charge in [0, 0.05) is 19.1 Å². The van der Waals surface area contributed by atoms with Crippen LogP contribution in [0, 0.1) is 5.92 Å². The Balaban J connectivity index is 1.76. The van der Waals surface area contributed by atoms with Crippen LogP contribution in [0.3, 0.4) is 0 Å². The van der Waals surface area contributed by atoms with E-state index in [1.54, 1.807) is 0 Å². The predicted octanol–water partition coefficient (Wildman–Crippen LogP) is 0.632. The number of H-pyrrole nitrogens is 1. The Morgan fingerprint density at radius 2 is 2.33 bits per heavy atom. The predicted molar refractivity (Wildman–Crippen MR) is 81.7 cm³/mol. The Bertz CT molecular complexity index is 661. The first kappa shape index (κ1) is 14.1. The SMILES string of the molecule is CC(C)CNCC1CCCN1c1ccc2n[nH]c(=O)n2n1. The van der Waals surface area contributed by atoms with Gasteiger partial charge in [-0.3, -0.25) is 0 Å². The Labute approximate surface area is 123 Å². The molecule has 1 atom stereocenters. The molecule has 3 heterocycles. The van der Waals surface area contributed by atoms with E-state index in [0.29, 0.717) is 17.6 Å². The van der Waals surface area contributed by atoms with Crippen molar-refractivity contribution in [2.24, 2.45) is 5.92 Å². The molecule has 1 aliphatic heterocycles. The van der Waals surface area contributed by atoms with Crippen LogP contribution in [0.2, 0.25) is 0 Å². The van der Waals surface area contributed by atoms with Gasteiger partial charge in [-0.2, -0.15) is 9.61 Å². The van der Waals surface area contributed by atoms with Crippen molar-refractivity contribution in [3.8, 4) is 0 Å². The van der Waals surface area contributed by atoms with E-state index in [4.69, 9.17) is 0 Å². The van der Waals surface area contributed by atoms with Crippen molar-refractivity contribution < 1.29 is 0 Å². The average Bonchev–Trinajstić information content (AvgIpc) is 3.06. The van der Waals surface area contributed by atoms with E-state index in [0.717, 1.165) is 38.3 Å². The Hall–Kier alpha value is -1.89. The molecular formula is C14H22N6O. The second-order valence-corrected chi connectivity index (χ2v) is 6.03. The third kappa shape index (κ3) is 2.92. The number of hydrogen-bond donors (Lipinski definition) is 2. The Morgan fingerprint density at radius 1 is 1.48 bits per heavy atom. The van der Waals surface area contributed by atoms with Gasteiger partial charge in [0.2, 0.25) is 0 Å². The molecule has 2 N–H and O–H groups in total. The summed E-state index contributed by atoms with van der Waals surface area (Å²) in [6.45, 7) is 7.38. The van der Waals surface area contributed by atoms with Crippen molar-refractivity contribution in [1.29, 1.82) is 0 Å². The highest BCUT2D eigenvalue weighted by Gasteiger charge is 2.25. The van der Waals surface area contributed by atoms with Crippen LogP contribution in [0.25, 0.3) is 5.65 Å². The Morgan fingerprint density at radius 3 is 3.14 bits per heavy atom. The maximum absolute atomic E-state index is 11.6. The molecule has 0 spiro atoms. The maximum Gasteiger partial charge on any atom is 0.364 e. The average molecular weight is 290 g/mol. The lowest BCUT2D eigenvalue weighted by Gasteiger charge is -2.26. The van der Waals surface area contributed by atoms with Crippen molar-refractivity contribution in [2.75, 3.05) is 24.5 Å². The van der Waals surface area contributed by atoms with Crippen LogP contribution >= 0.6 is 0 Å². The number of anilines is 1. The smallest absolute Gasteiger partial charge is 0.351 e. The quantitative estimate of drug-likeness (QED) is 0.844. The van der Waals surface area contributed by atoms with Gasteiger partial charge in [-0.05, 0) is 37.4 Å². The molecule has 0 amide bonds. The number of aromatic amines is 1. The van der Waals surface area contributed by atoms with Gasteiger partial charge in [0.25, 0.3) is 0 Å². The van der Waals surface area contributed by atoms with Crippen molar-refractivity contribution in [1.82, 2.24) is 25.1 Å². The van der Waals surface area contributed by atoms with Gasteiger partial charge in [-0.15, -0.1) is 5.10 Å². The molecule has 1 unspecified atom stereocenters. The van der Waals surface area contributed by atoms with E-state index in [1.165, 1.54) is 4.52 Å². The van der Waals surface area contributed by atoms with Gasteiger partial charge in [0.1, 0.15) is 5.82 Å². The van der Waals surface area contributed by atoms with Crippen LogP contribution in [0.15, 0.2) is 16.9 Å². The summed E-state index contributed by atoms with van der Waals surface area (Å²) in [5.41, 5.74) is 0.262. The summed E-state index contributed by atoms with van der Waals surface area (Å²) >= 11 is 0. The second kappa shape index (κ2) is 5.85. The molecule has 7 nitrogen and oxygen atoms in total. The fourth-order valence-electron chi connectivity index (χ4n) is 2.83. The molecule has 21 heavy (non-hydrogen) atoms. The van der Waals surface area contributed by atoms with E-state index < -0.39 is 0 Å². The van der Waals surface area contributed by atoms with E-state index >= 15 is 0 Å². The molecule has 1 aliphatic rings. The zero-order valence-corrected chi connectivity index (χ0v) is 12.5. The number of nitrogens with zero attached hydrogens (tertiary/aromatic N) is 4. The van der Waals surface area contributed by atoms with E-state index in [1.807, 2.05) is 12.1 Å². The third-order valence-electron chi connectivity index (χ3n) is 3.86. The summed E-state index contributed by atoms with van der Waals surface area (Å²) in [5, 5.41) is 14.3. The molecule has 7 heteroatoms. The van der Waals surface area contributed by atoms with Crippen molar-refractivity contribution >= 4 is 11.5 Å². The van der Waals surface area contributed by atoms with Gasteiger partial charge in [0.05, 0.1) is 0 Å². The molecule has 114 valence electrons. The van der Waals surface area contributed by atoms with Crippen LogP contribution in [0.4, 0.5) is 5.82 Å². The molecular weight excluding hydrogens is 268 g/mol. The van der Waals surface area contributed by atoms with Gasteiger partial charge >= 0.3 is 5.69 Å². The van der Waals surface area contributed by atoms with Crippen molar-refractivity contribution in [3.05, 3.63) is 22.6 Å². The summed E-state index contributed by atoms with van der Waals surface area (Å²) in [4.78, 5) is 13.9. The molecule has 0 aromatic carbocycles. The molecule has 0 bridgehead atoms. The minimum Gasteiger partial charge on any atom is -0.351 e. The van der Waals surface area contributed by atoms with Crippen molar-refractivity contribution in [3.63, 3.8) is 0 Å². The first-order chi connectivity index (χ1) is 10.1. The highest BCUT2D eigenvalue weighted by molar-refractivity contribution is 5.46. The third-order valence-corrected chi connectivity index (χ3v) is 3.86. The topological polar surface area (TPSA) is 78.3 Å². The van der Waals surface area contributed by atoms with Crippen molar-refractivity contribution in [2.45, 2.75) is 32.7 Å². The van der Waals surface area contributed by atoms with Crippen LogP contribution in [-0.4, -0.2) is 45.5 Å². The van der Waals surface area contributed by atoms with E-state index in [2.05, 4.69) is 39.4 Å². The highest BCUT2D eigenvalue weighted by atomic mass is 16.2. The molecule has 3 rings (SSSR count). The van der Waals surface area contributed by atoms with E-state index in [-0.39, 0.29) is 5.69 Å². The first-order valence-electron chi connectivity index (χ1n) is 7.57. The lowest BCUT2D eigenvalue weighted by Crippen LogP contribution is -2.39. The van der Waals surface area contributed by atoms with E-state index in [9.17, 15) is 4.79 Å². The molecule has 2 aromatic heterocycles. The number of rotatable bonds is 5. The minimum absolute atomic E-state index is 0.291. The molecule has 0 radical (unpaired) electrons. The molecule has 0 aliphatic carbocycles. The standard InChI is InChI=1S/C14H22N6O/c1-10(2)8-15-9-11-4-3-7-19(11)13-6-5-12-16-17-14(21)20(12)18-13/h5-6,10-11,15H,3-4,7-9H2,1-2H3,(H,17,21). The fourth-order valence-corrected chi connectivity index (χ4v) is 2.83. The summed E-state index contributed by atoms with van der Waals surface area (Å²) in [6.07, 6.45) is 2.32. The molecule has 0 saturated carbocycles. The van der Waals surface area contributed by atoms with Crippen LogP contribution in [-0.2, 0) is 0 Å². The lowest BCUT2D eigenvalue weighted by molar-refractivity contribution is 0.510. The molecule has 1 fully saturated rings. The summed E-state index contributed by atoms with van der Waals surface area (Å²) in [6, 6.07) is 4.21. The monoisotopic (exact) mass is 290 g/mol. The summed E-state index contributed by atoms with van der Waals surface area (Å²) in [7, 11) is 0. The van der Waals surface area contributed by atoms with Gasteiger partial charge in [0.15, 0.2) is 5.65 Å². The first-order valence-corrected chi connectivity index (χ1v) is 7.57. The van der Waals surface area contributed by atoms with Crippen LogP contribution in [0.5, 0.6) is 0 Å². The minimum atomic E-state index is -0.291. The highest BCUT2D eigenvalue weighted by Crippen LogP contribution is 2.23. The van der Waals surface area contributed by atoms with Gasteiger partial charge in [-0.25, -0.2) is 9.89 Å². The number of fused-ring (bicyclic) bond motifs is 1. The van der Waals surface area contributed by atoms with Gasteiger partial charge < -0.3 is 10.2 Å². The second-order valence-electron chi connectivity index (χ2n) is 6.03. The van der Waals surface area contributed by atoms with Gasteiger partial charge in [-0.1, -0.05) is 13.8 Å². The Kier molecular flexibility index (Phi) is 3.92. The number of nitrogens with one attached hydrogen (secondary N) is 2.